The predicted octanol–water partition coefficient (Wildman–Crippen LogP) is 4.90. The summed E-state index contributed by atoms with van der Waals surface area (Å²) in [5.41, 5.74) is -5.47. The molecule has 0 heterocycles. The van der Waals surface area contributed by atoms with Crippen LogP contribution in [0.4, 0.5) is 20.9 Å². The van der Waals surface area contributed by atoms with Crippen LogP contribution in [-0.2, 0) is 0 Å². The van der Waals surface area contributed by atoms with Crippen molar-refractivity contribution in [1.29, 1.82) is 0 Å². The monoisotopic (exact) mass is 294 g/mol. The zero-order chi connectivity index (χ0) is 11.0. The van der Waals surface area contributed by atoms with Gasteiger partial charge in [0.2, 0.25) is 0 Å². The Balaban J connectivity index is 3.10. The van der Waals surface area contributed by atoms with Crippen LogP contribution in [0.1, 0.15) is 0 Å². The number of hydrogen-bond donors (Lipinski definition) is 0. The Labute approximate surface area is 87.1 Å². The zero-order valence-electron chi connectivity index (χ0n) is 6.49. The molecule has 0 aliphatic rings. The number of hydrogen-bond acceptors (Lipinski definition) is 0. The maximum absolute atomic E-state index is 12.7. The van der Waals surface area contributed by atoms with Crippen molar-refractivity contribution >= 4 is 26.7 Å². The predicted molar refractivity (Wildman–Crippen MR) is 48.3 cm³/mol. The van der Waals surface area contributed by atoms with E-state index >= 15 is 0 Å². The Morgan fingerprint density at radius 1 is 1.00 bits per heavy atom. The van der Waals surface area contributed by atoms with E-state index in [0.29, 0.717) is 4.47 Å². The number of halogens is 6. The topological polar surface area (TPSA) is 0 Å². The van der Waals surface area contributed by atoms with Gasteiger partial charge in [0, 0.05) is 4.47 Å². The molecule has 0 saturated carbocycles. The summed E-state index contributed by atoms with van der Waals surface area (Å²) in [6.07, 6.45) is 0. The molecule has 1 aromatic carbocycles. The Morgan fingerprint density at radius 2 is 1.43 bits per heavy atom. The number of rotatable bonds is 1. The third kappa shape index (κ3) is 2.20. The first-order valence-electron chi connectivity index (χ1n) is 3.29. The van der Waals surface area contributed by atoms with Crippen LogP contribution in [0.3, 0.4) is 0 Å². The molecular weight excluding hydrogens is 291 g/mol. The van der Waals surface area contributed by atoms with Crippen LogP contribution in [0.5, 0.6) is 0 Å². The molecule has 0 aromatic heterocycles. The fourth-order valence-corrected chi connectivity index (χ4v) is 1.75. The first-order valence-corrected chi connectivity index (χ1v) is 5.52. The molecule has 0 N–H and O–H groups in total. The van der Waals surface area contributed by atoms with Gasteiger partial charge in [-0.05, 0) is 24.3 Å². The quantitative estimate of drug-likeness (QED) is 0.646. The Kier molecular flexibility index (Phi) is 3.10. The molecule has 0 bridgehead atoms. The normalized spacial score (nSPS) is 14.1. The number of alkyl halides is 3. The van der Waals surface area contributed by atoms with E-state index in [1.54, 1.807) is 0 Å². The average Bonchev–Trinajstić information content (AvgIpc) is 2.03. The molecule has 0 aliphatic heterocycles. The fraction of sp³-hybridized carbons (Fsp3) is 0.143. The highest BCUT2D eigenvalue weighted by atomic mass is 79.9. The highest BCUT2D eigenvalue weighted by Crippen LogP contribution is 2.70. The smallest absolute Gasteiger partial charge is 0.157 e. The highest BCUT2D eigenvalue weighted by molar-refractivity contribution is 9.10. The van der Waals surface area contributed by atoms with Crippen molar-refractivity contribution in [3.05, 3.63) is 28.7 Å². The second-order valence-corrected chi connectivity index (χ2v) is 5.16. The minimum atomic E-state index is -5.71. The van der Waals surface area contributed by atoms with E-state index < -0.39 is 21.2 Å². The molecule has 1 aromatic rings. The second-order valence-electron chi connectivity index (χ2n) is 2.37. The molecule has 0 nitrogen and oxygen atoms in total. The molecule has 0 saturated heterocycles. The van der Waals surface area contributed by atoms with Crippen molar-refractivity contribution in [2.45, 2.75) is 10.4 Å². The van der Waals surface area contributed by atoms with Crippen molar-refractivity contribution in [3.63, 3.8) is 0 Å². The van der Waals surface area contributed by atoms with Gasteiger partial charge in [-0.15, -0.1) is 7.77 Å². The van der Waals surface area contributed by atoms with Gasteiger partial charge in [0.15, 0.2) is 10.8 Å². The van der Waals surface area contributed by atoms with Crippen molar-refractivity contribution in [2.75, 3.05) is 0 Å². The number of benzene rings is 1. The van der Waals surface area contributed by atoms with E-state index in [0.717, 1.165) is 24.3 Å². The summed E-state index contributed by atoms with van der Waals surface area (Å²) in [6, 6.07) is 3.85. The molecule has 0 fully saturated rings. The van der Waals surface area contributed by atoms with Crippen LogP contribution in [0, 0.1) is 0 Å². The summed E-state index contributed by atoms with van der Waals surface area (Å²) in [5, 5.41) is 0. The van der Waals surface area contributed by atoms with Crippen molar-refractivity contribution in [2.24, 2.45) is 0 Å². The molecule has 0 atom stereocenters. The fourth-order valence-electron chi connectivity index (χ4n) is 0.739. The lowest BCUT2D eigenvalue weighted by Crippen LogP contribution is -2.12. The summed E-state index contributed by atoms with van der Waals surface area (Å²) in [6.45, 7) is 0. The molecule has 0 radical (unpaired) electrons. The molecule has 0 amide bonds. The van der Waals surface area contributed by atoms with Crippen LogP contribution < -0.4 is 0 Å². The van der Waals surface area contributed by atoms with E-state index in [9.17, 15) is 20.9 Å². The minimum absolute atomic E-state index is 0.457. The van der Waals surface area contributed by atoms with Crippen molar-refractivity contribution < 1.29 is 20.9 Å². The van der Waals surface area contributed by atoms with E-state index in [1.807, 2.05) is 0 Å². The van der Waals surface area contributed by atoms with Gasteiger partial charge in [-0.3, -0.25) is 0 Å². The summed E-state index contributed by atoms with van der Waals surface area (Å²) >= 11 is 2.95. The first-order chi connectivity index (χ1) is 6.25. The Morgan fingerprint density at radius 3 is 1.79 bits per heavy atom. The summed E-state index contributed by atoms with van der Waals surface area (Å²) < 4.78 is 61.6. The summed E-state index contributed by atoms with van der Waals surface area (Å²) in [5.74, 6) is 0. The summed E-state index contributed by atoms with van der Waals surface area (Å²) in [4.78, 5) is -0.979. The Hall–Kier alpha value is -0.300. The van der Waals surface area contributed by atoms with Crippen molar-refractivity contribution in [3.8, 4) is 0 Å². The van der Waals surface area contributed by atoms with Gasteiger partial charge in [0.1, 0.15) is 0 Å². The molecule has 0 unspecified atom stereocenters. The molecule has 7 heteroatoms. The zero-order valence-corrected chi connectivity index (χ0v) is 8.89. The van der Waals surface area contributed by atoms with Gasteiger partial charge in [-0.25, -0.2) is 0 Å². The first kappa shape index (κ1) is 11.8. The second kappa shape index (κ2) is 3.69. The van der Waals surface area contributed by atoms with Gasteiger partial charge < -0.3 is 0 Å². The van der Waals surface area contributed by atoms with Gasteiger partial charge in [0.25, 0.3) is 0 Å². The lowest BCUT2D eigenvalue weighted by molar-refractivity contribution is -0.0463. The molecule has 0 aliphatic carbocycles. The van der Waals surface area contributed by atoms with E-state index in [-0.39, 0.29) is 0 Å². The Bertz CT molecular complexity index is 318. The van der Waals surface area contributed by atoms with Crippen LogP contribution in [0.15, 0.2) is 33.6 Å². The van der Waals surface area contributed by atoms with Crippen LogP contribution >= 0.6 is 26.7 Å². The highest BCUT2D eigenvalue weighted by Gasteiger charge is 2.54. The average molecular weight is 295 g/mol. The molecule has 1 rings (SSSR count). The van der Waals surface area contributed by atoms with E-state index in [1.165, 1.54) is 0 Å². The van der Waals surface area contributed by atoms with Crippen molar-refractivity contribution in [1.82, 2.24) is 0 Å². The molecule has 80 valence electrons. The SMILES string of the molecule is FC(F)(F)S(F)(F)c1ccc(Br)cc1. The largest absolute Gasteiger partial charge is 0.482 e. The third-order valence-electron chi connectivity index (χ3n) is 1.40. The van der Waals surface area contributed by atoms with Crippen LogP contribution in [0.25, 0.3) is 0 Å². The van der Waals surface area contributed by atoms with Gasteiger partial charge in [0.05, 0.1) is 4.90 Å². The van der Waals surface area contributed by atoms with E-state index in [2.05, 4.69) is 15.9 Å². The molecule has 0 spiro atoms. The molecular formula is C7H4BrF5S. The summed E-state index contributed by atoms with van der Waals surface area (Å²) in [7, 11) is -5.71. The lowest BCUT2D eigenvalue weighted by atomic mass is 10.4. The third-order valence-corrected chi connectivity index (χ3v) is 3.37. The van der Waals surface area contributed by atoms with Crippen LogP contribution in [0.2, 0.25) is 0 Å². The minimum Gasteiger partial charge on any atom is -0.157 e. The maximum atomic E-state index is 12.7. The van der Waals surface area contributed by atoms with Gasteiger partial charge >= 0.3 is 5.51 Å². The standard InChI is InChI=1S/C7H4BrF5S/c8-5-1-3-6(4-2-5)14(12,13)7(9,10)11/h1-4H. The van der Waals surface area contributed by atoms with Crippen LogP contribution in [-0.4, -0.2) is 5.51 Å². The molecule has 14 heavy (non-hydrogen) atoms. The lowest BCUT2D eigenvalue weighted by Gasteiger charge is -2.23. The maximum Gasteiger partial charge on any atom is 0.482 e. The van der Waals surface area contributed by atoms with Gasteiger partial charge in [-0.1, -0.05) is 15.9 Å². The van der Waals surface area contributed by atoms with E-state index in [4.69, 9.17) is 0 Å². The van der Waals surface area contributed by atoms with Gasteiger partial charge in [-0.2, -0.15) is 13.2 Å².